The summed E-state index contributed by atoms with van der Waals surface area (Å²) in [6, 6.07) is 13.3. The lowest BCUT2D eigenvalue weighted by molar-refractivity contribution is 0.0522. The quantitative estimate of drug-likeness (QED) is 0.551. The van der Waals surface area contributed by atoms with E-state index in [2.05, 4.69) is 10.3 Å². The number of ether oxygens (including phenoxy) is 3. The van der Waals surface area contributed by atoms with E-state index < -0.39 is 11.7 Å². The first-order valence-electron chi connectivity index (χ1n) is 10.9. The molecule has 0 aliphatic carbocycles. The molecule has 3 rings (SSSR count). The number of benzene rings is 2. The predicted octanol–water partition coefficient (Wildman–Crippen LogP) is 4.55. The van der Waals surface area contributed by atoms with Crippen molar-refractivity contribution < 1.29 is 23.8 Å². The van der Waals surface area contributed by atoms with Gasteiger partial charge in [0.1, 0.15) is 17.1 Å². The van der Waals surface area contributed by atoms with Crippen molar-refractivity contribution in [2.45, 2.75) is 39.5 Å². The van der Waals surface area contributed by atoms with Crippen molar-refractivity contribution in [1.29, 1.82) is 0 Å². The van der Waals surface area contributed by atoms with E-state index >= 15 is 0 Å². The Morgan fingerprint density at radius 2 is 1.76 bits per heavy atom. The van der Waals surface area contributed by atoms with Gasteiger partial charge in [0.15, 0.2) is 0 Å². The van der Waals surface area contributed by atoms with E-state index in [-0.39, 0.29) is 12.5 Å². The van der Waals surface area contributed by atoms with Gasteiger partial charge in [-0.1, -0.05) is 30.3 Å². The predicted molar refractivity (Wildman–Crippen MR) is 130 cm³/mol. The largest absolute Gasteiger partial charge is 0.497 e. The summed E-state index contributed by atoms with van der Waals surface area (Å²) in [7, 11) is 4.83. The molecular weight excluding hydrogens is 434 g/mol. The molecule has 8 heteroatoms. The first-order valence-corrected chi connectivity index (χ1v) is 10.9. The molecular formula is C26H31N3O5. The molecule has 0 radical (unpaired) electrons. The van der Waals surface area contributed by atoms with Crippen LogP contribution in [0.15, 0.2) is 48.7 Å². The Morgan fingerprint density at radius 1 is 1.06 bits per heavy atom. The Hall–Kier alpha value is -3.81. The van der Waals surface area contributed by atoms with Gasteiger partial charge in [0.2, 0.25) is 0 Å². The zero-order valence-corrected chi connectivity index (χ0v) is 20.5. The number of amides is 2. The highest BCUT2D eigenvalue weighted by molar-refractivity contribution is 6.09. The van der Waals surface area contributed by atoms with Gasteiger partial charge in [0, 0.05) is 36.6 Å². The van der Waals surface area contributed by atoms with Crippen LogP contribution in [-0.4, -0.2) is 48.8 Å². The van der Waals surface area contributed by atoms with Crippen LogP contribution >= 0.6 is 0 Å². The van der Waals surface area contributed by atoms with Crippen LogP contribution in [0.5, 0.6) is 11.5 Å². The van der Waals surface area contributed by atoms with E-state index in [0.29, 0.717) is 40.1 Å². The van der Waals surface area contributed by atoms with Crippen molar-refractivity contribution in [3.63, 3.8) is 0 Å². The zero-order valence-electron chi connectivity index (χ0n) is 20.5. The Morgan fingerprint density at radius 3 is 2.38 bits per heavy atom. The van der Waals surface area contributed by atoms with Crippen LogP contribution in [0.1, 0.15) is 42.4 Å². The molecule has 1 heterocycles. The summed E-state index contributed by atoms with van der Waals surface area (Å²) < 4.78 is 16.4. The molecule has 0 spiro atoms. The molecule has 0 bridgehead atoms. The van der Waals surface area contributed by atoms with Crippen LogP contribution in [0.2, 0.25) is 0 Å². The minimum Gasteiger partial charge on any atom is -0.497 e. The molecule has 8 nitrogen and oxygen atoms in total. The topological polar surface area (TPSA) is 90.0 Å². The molecule has 0 aliphatic heterocycles. The van der Waals surface area contributed by atoms with E-state index in [1.165, 1.54) is 13.3 Å². The van der Waals surface area contributed by atoms with E-state index in [1.54, 1.807) is 52.0 Å². The third kappa shape index (κ3) is 5.95. The van der Waals surface area contributed by atoms with Gasteiger partial charge in [-0.15, -0.1) is 0 Å². The van der Waals surface area contributed by atoms with Gasteiger partial charge in [0.05, 0.1) is 32.0 Å². The summed E-state index contributed by atoms with van der Waals surface area (Å²) in [4.78, 5) is 31.7. The maximum atomic E-state index is 13.4. The second-order valence-corrected chi connectivity index (χ2v) is 8.87. The van der Waals surface area contributed by atoms with Crippen molar-refractivity contribution in [2.75, 3.05) is 21.3 Å². The number of hydrogen-bond donors (Lipinski definition) is 1. The number of hydrogen-bond acceptors (Lipinski definition) is 6. The summed E-state index contributed by atoms with van der Waals surface area (Å²) in [6.45, 7) is 5.93. The zero-order chi connectivity index (χ0) is 24.9. The fraction of sp³-hybridized carbons (Fsp3) is 0.346. The lowest BCUT2D eigenvalue weighted by atomic mass is 10.0. The second-order valence-electron chi connectivity index (χ2n) is 8.87. The van der Waals surface area contributed by atoms with E-state index in [0.717, 1.165) is 5.56 Å². The SMILES string of the molecule is COc1cc(OC)c2c(CNC(=O)OC(C)(C)C)ncc(C(=O)N(C)Cc3ccccc3)c2c1. The van der Waals surface area contributed by atoms with Crippen molar-refractivity contribution >= 4 is 22.8 Å². The maximum absolute atomic E-state index is 13.4. The summed E-state index contributed by atoms with van der Waals surface area (Å²) in [6.07, 6.45) is 0.967. The Bertz CT molecular complexity index is 1170. The van der Waals surface area contributed by atoms with Crippen LogP contribution in [0.3, 0.4) is 0 Å². The number of pyridine rings is 1. The van der Waals surface area contributed by atoms with Crippen LogP contribution in [-0.2, 0) is 17.8 Å². The van der Waals surface area contributed by atoms with Gasteiger partial charge < -0.3 is 24.4 Å². The Kier molecular flexibility index (Phi) is 7.61. The first-order chi connectivity index (χ1) is 16.1. The normalized spacial score (nSPS) is 11.1. The number of fused-ring (bicyclic) bond motifs is 1. The number of aromatic nitrogens is 1. The highest BCUT2D eigenvalue weighted by atomic mass is 16.6. The number of carbonyl (C=O) groups is 2. The van der Waals surface area contributed by atoms with Crippen LogP contribution in [0.25, 0.3) is 10.8 Å². The number of alkyl carbamates (subject to hydrolysis) is 1. The molecule has 0 aliphatic rings. The number of methoxy groups -OCH3 is 2. The minimum absolute atomic E-state index is 0.0996. The number of nitrogens with one attached hydrogen (secondary N) is 1. The molecule has 0 saturated heterocycles. The fourth-order valence-electron chi connectivity index (χ4n) is 3.56. The molecule has 0 saturated carbocycles. The summed E-state index contributed by atoms with van der Waals surface area (Å²) >= 11 is 0. The number of rotatable bonds is 7. The van der Waals surface area contributed by atoms with Crippen molar-refractivity contribution in [3.8, 4) is 11.5 Å². The first kappa shape index (κ1) is 24.8. The monoisotopic (exact) mass is 465 g/mol. The van der Waals surface area contributed by atoms with Gasteiger partial charge in [-0.3, -0.25) is 9.78 Å². The van der Waals surface area contributed by atoms with Gasteiger partial charge in [-0.05, 0) is 32.4 Å². The Balaban J connectivity index is 2.00. The summed E-state index contributed by atoms with van der Waals surface area (Å²) in [5, 5.41) is 3.97. The van der Waals surface area contributed by atoms with Gasteiger partial charge in [0.25, 0.3) is 5.91 Å². The third-order valence-corrected chi connectivity index (χ3v) is 5.10. The maximum Gasteiger partial charge on any atom is 0.407 e. The average molecular weight is 466 g/mol. The minimum atomic E-state index is -0.621. The second kappa shape index (κ2) is 10.4. The lowest BCUT2D eigenvalue weighted by Crippen LogP contribution is -2.32. The Labute approximate surface area is 199 Å². The van der Waals surface area contributed by atoms with Crippen molar-refractivity contribution in [3.05, 3.63) is 65.5 Å². The summed E-state index contributed by atoms with van der Waals surface area (Å²) in [5.74, 6) is 0.841. The molecule has 2 aromatic carbocycles. The molecule has 1 aromatic heterocycles. The molecule has 180 valence electrons. The van der Waals surface area contributed by atoms with E-state index in [4.69, 9.17) is 14.2 Å². The van der Waals surface area contributed by atoms with Crippen molar-refractivity contribution in [2.24, 2.45) is 0 Å². The molecule has 3 aromatic rings. The number of carbonyl (C=O) groups excluding carboxylic acids is 2. The van der Waals surface area contributed by atoms with E-state index in [9.17, 15) is 9.59 Å². The van der Waals surface area contributed by atoms with Gasteiger partial charge >= 0.3 is 6.09 Å². The van der Waals surface area contributed by atoms with Crippen molar-refractivity contribution in [1.82, 2.24) is 15.2 Å². The molecule has 0 atom stereocenters. The number of nitrogens with zero attached hydrogens (tertiary/aromatic N) is 2. The molecule has 2 amide bonds. The molecule has 0 fully saturated rings. The van der Waals surface area contributed by atoms with E-state index in [1.807, 2.05) is 30.3 Å². The third-order valence-electron chi connectivity index (χ3n) is 5.10. The average Bonchev–Trinajstić information content (AvgIpc) is 2.80. The van der Waals surface area contributed by atoms with Crippen LogP contribution in [0.4, 0.5) is 4.79 Å². The molecule has 34 heavy (non-hydrogen) atoms. The fourth-order valence-corrected chi connectivity index (χ4v) is 3.56. The van der Waals surface area contributed by atoms with Crippen LogP contribution in [0, 0.1) is 0 Å². The highest BCUT2D eigenvalue weighted by Crippen LogP contribution is 2.35. The van der Waals surface area contributed by atoms with Gasteiger partial charge in [-0.25, -0.2) is 4.79 Å². The smallest absolute Gasteiger partial charge is 0.407 e. The lowest BCUT2D eigenvalue weighted by Gasteiger charge is -2.21. The molecule has 1 N–H and O–H groups in total. The standard InChI is InChI=1S/C26H31N3O5/c1-26(2,3)34-25(31)28-15-21-23-19(12-18(32-5)13-22(23)33-6)20(14-27-21)24(30)29(4)16-17-10-8-7-9-11-17/h7-14H,15-16H2,1-6H3,(H,28,31). The highest BCUT2D eigenvalue weighted by Gasteiger charge is 2.22. The molecule has 0 unspecified atom stereocenters. The van der Waals surface area contributed by atoms with Crippen LogP contribution < -0.4 is 14.8 Å². The van der Waals surface area contributed by atoms with Gasteiger partial charge in [-0.2, -0.15) is 0 Å². The summed E-state index contributed by atoms with van der Waals surface area (Å²) in [5.41, 5.74) is 1.35.